The van der Waals surface area contributed by atoms with Crippen LogP contribution in [-0.2, 0) is 4.74 Å². The van der Waals surface area contributed by atoms with Crippen molar-refractivity contribution >= 4 is 5.69 Å². The summed E-state index contributed by atoms with van der Waals surface area (Å²) in [7, 11) is 0. The van der Waals surface area contributed by atoms with Crippen molar-refractivity contribution in [1.82, 2.24) is 0 Å². The summed E-state index contributed by atoms with van der Waals surface area (Å²) in [5.74, 6) is 3.42. The molecule has 6 atom stereocenters. The fourth-order valence-electron chi connectivity index (χ4n) is 6.61. The Balaban J connectivity index is 1.31. The molecule has 1 saturated heterocycles. The van der Waals surface area contributed by atoms with Gasteiger partial charge in [0.2, 0.25) is 0 Å². The molecule has 1 aliphatic heterocycles. The first kappa shape index (κ1) is 22.2. The Morgan fingerprint density at radius 2 is 1.74 bits per heavy atom. The summed E-state index contributed by atoms with van der Waals surface area (Å²) >= 11 is 0. The van der Waals surface area contributed by atoms with E-state index in [1.54, 1.807) is 0 Å². The second-order valence-corrected chi connectivity index (χ2v) is 10.9. The summed E-state index contributed by atoms with van der Waals surface area (Å²) in [6, 6.07) is 9.75. The second-order valence-electron chi connectivity index (χ2n) is 10.9. The molecule has 5 unspecified atom stereocenters. The number of fused-ring (bicyclic) bond motifs is 3. The molecule has 0 spiro atoms. The minimum absolute atomic E-state index is 0.0896. The highest BCUT2D eigenvalue weighted by Gasteiger charge is 2.53. The van der Waals surface area contributed by atoms with E-state index in [-0.39, 0.29) is 5.41 Å². The van der Waals surface area contributed by atoms with Gasteiger partial charge in [0.1, 0.15) is 11.5 Å². The molecule has 1 aromatic carbocycles. The molecule has 1 heterocycles. The molecule has 2 heteroatoms. The predicted octanol–water partition coefficient (Wildman–Crippen LogP) is 7.93. The van der Waals surface area contributed by atoms with Crippen LogP contribution in [0.25, 0.3) is 0 Å². The number of benzene rings is 1. The van der Waals surface area contributed by atoms with Gasteiger partial charge in [-0.25, -0.2) is 0 Å². The molecule has 0 bridgehead atoms. The Morgan fingerprint density at radius 3 is 2.60 bits per heavy atom. The van der Waals surface area contributed by atoms with Crippen molar-refractivity contribution in [3.8, 4) is 0 Å². The number of para-hydroxylation sites is 1. The summed E-state index contributed by atoms with van der Waals surface area (Å²) < 4.78 is 6.34. The largest absolute Gasteiger partial charge is 0.462 e. The van der Waals surface area contributed by atoms with Gasteiger partial charge in [-0.05, 0) is 48.6 Å². The van der Waals surface area contributed by atoms with Crippen LogP contribution in [0, 0.1) is 17.3 Å². The average molecular weight is 462 g/mol. The number of anilines is 1. The highest BCUT2D eigenvalue weighted by Crippen LogP contribution is 2.53. The number of rotatable bonds is 4. The summed E-state index contributed by atoms with van der Waals surface area (Å²) in [4.78, 5) is 2.68. The van der Waals surface area contributed by atoms with Gasteiger partial charge in [0, 0.05) is 29.4 Å². The van der Waals surface area contributed by atoms with E-state index in [1.807, 2.05) is 0 Å². The van der Waals surface area contributed by atoms with E-state index in [1.165, 1.54) is 16.8 Å². The normalized spacial score (nSPS) is 34.8. The van der Waals surface area contributed by atoms with Gasteiger partial charge >= 0.3 is 0 Å². The average Bonchev–Trinajstić information content (AvgIpc) is 3.14. The zero-order valence-electron chi connectivity index (χ0n) is 21.0. The van der Waals surface area contributed by atoms with E-state index in [4.69, 9.17) is 4.74 Å². The third-order valence-electron chi connectivity index (χ3n) is 8.47. The van der Waals surface area contributed by atoms with Gasteiger partial charge in [0.05, 0.1) is 12.1 Å². The van der Waals surface area contributed by atoms with Crippen LogP contribution in [0.4, 0.5) is 5.69 Å². The van der Waals surface area contributed by atoms with E-state index >= 15 is 0 Å². The standard InChI is InChI=1S/C33H35NO/c1-23-11-10-12-26(21-23)35-31-19-18-25(22-24(31)2)27-13-4-6-15-29(27)34-30-16-7-5-14-28(30)33(3)20-9-8-17-32(33)34/h4-20,23,25,28,30,32H,21-22H2,1-3H3/t23-,25?,28?,30?,32?,33?/m0/s1. The van der Waals surface area contributed by atoms with Gasteiger partial charge in [-0.3, -0.25) is 0 Å². The van der Waals surface area contributed by atoms with Crippen LogP contribution < -0.4 is 4.90 Å². The van der Waals surface area contributed by atoms with Crippen LogP contribution in [0.15, 0.2) is 120 Å². The molecule has 1 aromatic rings. The third-order valence-corrected chi connectivity index (χ3v) is 8.47. The van der Waals surface area contributed by atoms with Crippen LogP contribution in [0.1, 0.15) is 45.1 Å². The second kappa shape index (κ2) is 8.75. The van der Waals surface area contributed by atoms with Gasteiger partial charge < -0.3 is 9.64 Å². The molecular formula is C33H35NO. The zero-order valence-corrected chi connectivity index (χ0v) is 21.0. The van der Waals surface area contributed by atoms with Gasteiger partial charge in [-0.15, -0.1) is 0 Å². The topological polar surface area (TPSA) is 12.5 Å². The molecule has 0 N–H and O–H groups in total. The molecule has 35 heavy (non-hydrogen) atoms. The molecule has 4 aliphatic carbocycles. The molecular weight excluding hydrogens is 426 g/mol. The van der Waals surface area contributed by atoms with E-state index in [0.29, 0.717) is 29.8 Å². The van der Waals surface area contributed by atoms with Crippen LogP contribution in [-0.4, -0.2) is 12.1 Å². The van der Waals surface area contributed by atoms with Crippen molar-refractivity contribution in [3.63, 3.8) is 0 Å². The first-order chi connectivity index (χ1) is 17.0. The highest BCUT2D eigenvalue weighted by molar-refractivity contribution is 5.63. The van der Waals surface area contributed by atoms with E-state index in [0.717, 1.165) is 24.4 Å². The van der Waals surface area contributed by atoms with Gasteiger partial charge in [0.15, 0.2) is 0 Å². The lowest BCUT2D eigenvalue weighted by atomic mass is 9.70. The quantitative estimate of drug-likeness (QED) is 0.451. The number of hydrogen-bond acceptors (Lipinski definition) is 2. The summed E-state index contributed by atoms with van der Waals surface area (Å²) in [6.07, 6.45) is 31.5. The zero-order chi connectivity index (χ0) is 24.0. The summed E-state index contributed by atoms with van der Waals surface area (Å²) in [6.45, 7) is 6.89. The molecule has 6 rings (SSSR count). The minimum atomic E-state index is 0.0896. The van der Waals surface area contributed by atoms with Gasteiger partial charge in [0.25, 0.3) is 0 Å². The lowest BCUT2D eigenvalue weighted by Crippen LogP contribution is -2.39. The molecule has 2 nitrogen and oxygen atoms in total. The first-order valence-electron chi connectivity index (χ1n) is 13.1. The van der Waals surface area contributed by atoms with Crippen molar-refractivity contribution in [2.45, 2.75) is 51.6 Å². The lowest BCUT2D eigenvalue weighted by molar-refractivity contribution is 0.286. The summed E-state index contributed by atoms with van der Waals surface area (Å²) in [5, 5.41) is 0. The number of nitrogens with zero attached hydrogens (tertiary/aromatic N) is 1. The number of ether oxygens (including phenoxy) is 1. The van der Waals surface area contributed by atoms with Crippen molar-refractivity contribution in [1.29, 1.82) is 0 Å². The van der Waals surface area contributed by atoms with Crippen LogP contribution in [0.5, 0.6) is 0 Å². The van der Waals surface area contributed by atoms with Crippen molar-refractivity contribution in [3.05, 3.63) is 126 Å². The van der Waals surface area contributed by atoms with Crippen LogP contribution in [0.2, 0.25) is 0 Å². The SMILES string of the molecule is CC1=C(OC2=CC=C[C@H](C)C2)C=CC(c2ccccc2N2C3C=CC=CC3C3(C)C=CC=CC23)C1. The van der Waals surface area contributed by atoms with Gasteiger partial charge in [-0.2, -0.15) is 0 Å². The minimum Gasteiger partial charge on any atom is -0.462 e. The molecule has 1 fully saturated rings. The Labute approximate surface area is 210 Å². The predicted molar refractivity (Wildman–Crippen MR) is 146 cm³/mol. The van der Waals surface area contributed by atoms with Crippen molar-refractivity contribution in [2.75, 3.05) is 4.90 Å². The maximum absolute atomic E-state index is 6.34. The maximum Gasteiger partial charge on any atom is 0.125 e. The van der Waals surface area contributed by atoms with Crippen LogP contribution >= 0.6 is 0 Å². The monoisotopic (exact) mass is 461 g/mol. The Kier molecular flexibility index (Phi) is 5.56. The van der Waals surface area contributed by atoms with E-state index in [9.17, 15) is 0 Å². The molecule has 5 aliphatic rings. The van der Waals surface area contributed by atoms with Crippen molar-refractivity contribution in [2.24, 2.45) is 17.3 Å². The van der Waals surface area contributed by atoms with Crippen molar-refractivity contribution < 1.29 is 4.74 Å². The van der Waals surface area contributed by atoms with Crippen LogP contribution in [0.3, 0.4) is 0 Å². The third kappa shape index (κ3) is 3.80. The Bertz CT molecular complexity index is 1250. The molecule has 0 radical (unpaired) electrons. The molecule has 0 saturated carbocycles. The first-order valence-corrected chi connectivity index (χ1v) is 13.1. The van der Waals surface area contributed by atoms with E-state index < -0.39 is 0 Å². The number of hydrogen-bond donors (Lipinski definition) is 0. The highest BCUT2D eigenvalue weighted by atomic mass is 16.5. The maximum atomic E-state index is 6.34. The van der Waals surface area contributed by atoms with Gasteiger partial charge in [-0.1, -0.05) is 98.9 Å². The number of allylic oxidation sites excluding steroid dienone is 11. The van der Waals surface area contributed by atoms with E-state index in [2.05, 4.69) is 129 Å². The fourth-order valence-corrected chi connectivity index (χ4v) is 6.61. The summed E-state index contributed by atoms with van der Waals surface area (Å²) in [5.41, 5.74) is 4.17. The lowest BCUT2D eigenvalue weighted by Gasteiger charge is -2.37. The Morgan fingerprint density at radius 1 is 0.914 bits per heavy atom. The smallest absolute Gasteiger partial charge is 0.125 e. The molecule has 0 amide bonds. The molecule has 178 valence electrons. The fraction of sp³-hybridized carbons (Fsp3) is 0.333. The Hall–Kier alpha value is -3.26. The molecule has 0 aromatic heterocycles.